The number of nitrogens with two attached hydrogens (primary N) is 1. The van der Waals surface area contributed by atoms with Gasteiger partial charge in [-0.2, -0.15) is 0 Å². The van der Waals surface area contributed by atoms with E-state index in [1.165, 1.54) is 6.07 Å². The molecule has 1 aromatic heterocycles. The Morgan fingerprint density at radius 1 is 1.53 bits per heavy atom. The summed E-state index contributed by atoms with van der Waals surface area (Å²) in [6.07, 6.45) is 2.20. The Morgan fingerprint density at radius 2 is 2.26 bits per heavy atom. The number of hydrogen-bond acceptors (Lipinski definition) is 6. The summed E-state index contributed by atoms with van der Waals surface area (Å²) in [7, 11) is 0. The number of anilines is 2. The maximum Gasteiger partial charge on any atom is 0.340 e. The molecule has 19 heavy (non-hydrogen) atoms. The number of rotatable bonds is 7. The van der Waals surface area contributed by atoms with Crippen LogP contribution in [0.2, 0.25) is 0 Å². The Morgan fingerprint density at radius 3 is 2.84 bits per heavy atom. The third-order valence-corrected chi connectivity index (χ3v) is 2.71. The summed E-state index contributed by atoms with van der Waals surface area (Å²) < 4.78 is 5.02. The fourth-order valence-electron chi connectivity index (χ4n) is 1.80. The molecule has 0 amide bonds. The molecule has 1 aromatic rings. The lowest BCUT2D eigenvalue weighted by molar-refractivity contribution is 0.0527. The zero-order chi connectivity index (χ0) is 14.3. The molecule has 0 saturated carbocycles. The highest BCUT2D eigenvalue weighted by Gasteiger charge is 2.17. The number of ether oxygens (including phenoxy) is 1. The molecule has 0 spiro atoms. The predicted octanol–water partition coefficient (Wildman–Crippen LogP) is 1.05. The van der Waals surface area contributed by atoms with E-state index in [9.17, 15) is 4.79 Å². The number of aliphatic hydroxyl groups is 1. The van der Waals surface area contributed by atoms with Crippen LogP contribution in [0.25, 0.3) is 0 Å². The first-order valence-corrected chi connectivity index (χ1v) is 6.42. The monoisotopic (exact) mass is 267 g/mol. The molecule has 0 fully saturated rings. The van der Waals surface area contributed by atoms with Crippen molar-refractivity contribution in [2.45, 2.75) is 20.3 Å². The molecule has 0 bridgehead atoms. The number of esters is 1. The molecular formula is C13H21N3O3. The average Bonchev–Trinajstić information content (AvgIpc) is 2.41. The van der Waals surface area contributed by atoms with E-state index in [-0.39, 0.29) is 12.4 Å². The van der Waals surface area contributed by atoms with Crippen molar-refractivity contribution in [2.24, 2.45) is 0 Å². The second-order valence-corrected chi connectivity index (χ2v) is 4.00. The SMILES string of the molecule is CCOC(=O)c1cc(N)ncc1N(CC)CCCO. The van der Waals surface area contributed by atoms with Gasteiger partial charge in [0.25, 0.3) is 0 Å². The normalized spacial score (nSPS) is 10.3. The maximum absolute atomic E-state index is 11.9. The number of aromatic nitrogens is 1. The summed E-state index contributed by atoms with van der Waals surface area (Å²) in [6.45, 7) is 5.49. The third kappa shape index (κ3) is 4.10. The van der Waals surface area contributed by atoms with Crippen LogP contribution >= 0.6 is 0 Å². The van der Waals surface area contributed by atoms with Gasteiger partial charge in [-0.25, -0.2) is 9.78 Å². The predicted molar refractivity (Wildman–Crippen MR) is 74.2 cm³/mol. The van der Waals surface area contributed by atoms with E-state index in [0.717, 1.165) is 0 Å². The van der Waals surface area contributed by atoms with Gasteiger partial charge in [-0.3, -0.25) is 0 Å². The summed E-state index contributed by atoms with van der Waals surface area (Å²) in [6, 6.07) is 1.52. The minimum Gasteiger partial charge on any atom is -0.462 e. The van der Waals surface area contributed by atoms with Crippen LogP contribution in [0.1, 0.15) is 30.6 Å². The lowest BCUT2D eigenvalue weighted by Gasteiger charge is -2.24. The zero-order valence-corrected chi connectivity index (χ0v) is 11.4. The van der Waals surface area contributed by atoms with Gasteiger partial charge in [-0.1, -0.05) is 0 Å². The Kier molecular flexibility index (Phi) is 6.08. The van der Waals surface area contributed by atoms with Gasteiger partial charge in [0.15, 0.2) is 0 Å². The fourth-order valence-corrected chi connectivity index (χ4v) is 1.80. The highest BCUT2D eigenvalue weighted by Crippen LogP contribution is 2.22. The Hall–Kier alpha value is -1.82. The smallest absolute Gasteiger partial charge is 0.340 e. The van der Waals surface area contributed by atoms with E-state index in [1.807, 2.05) is 11.8 Å². The summed E-state index contributed by atoms with van der Waals surface area (Å²) in [5.41, 5.74) is 6.72. The summed E-state index contributed by atoms with van der Waals surface area (Å²) in [5.74, 6) is -0.126. The van der Waals surface area contributed by atoms with Gasteiger partial charge in [0, 0.05) is 19.7 Å². The van der Waals surface area contributed by atoms with Gasteiger partial charge in [0.1, 0.15) is 5.82 Å². The van der Waals surface area contributed by atoms with Crippen LogP contribution in [0.3, 0.4) is 0 Å². The minimum absolute atomic E-state index is 0.105. The van der Waals surface area contributed by atoms with Crippen molar-refractivity contribution in [3.8, 4) is 0 Å². The Balaban J connectivity index is 3.06. The van der Waals surface area contributed by atoms with Crippen molar-refractivity contribution in [1.82, 2.24) is 4.98 Å². The highest BCUT2D eigenvalue weighted by molar-refractivity contribution is 5.96. The number of nitrogen functional groups attached to an aromatic ring is 1. The molecule has 0 aliphatic rings. The summed E-state index contributed by atoms with van der Waals surface area (Å²) in [4.78, 5) is 17.9. The van der Waals surface area contributed by atoms with E-state index in [0.29, 0.717) is 37.4 Å². The van der Waals surface area contributed by atoms with Crippen LogP contribution in [0.15, 0.2) is 12.3 Å². The molecule has 6 heteroatoms. The molecular weight excluding hydrogens is 246 g/mol. The van der Waals surface area contributed by atoms with Crippen molar-refractivity contribution >= 4 is 17.5 Å². The number of aliphatic hydroxyl groups excluding tert-OH is 1. The van der Waals surface area contributed by atoms with Crippen molar-refractivity contribution in [2.75, 3.05) is 36.9 Å². The number of carbonyl (C=O) groups excluding carboxylic acids is 1. The highest BCUT2D eigenvalue weighted by atomic mass is 16.5. The largest absolute Gasteiger partial charge is 0.462 e. The average molecular weight is 267 g/mol. The number of pyridine rings is 1. The van der Waals surface area contributed by atoms with Crippen LogP contribution in [0.4, 0.5) is 11.5 Å². The molecule has 1 rings (SSSR count). The first kappa shape index (κ1) is 15.2. The summed E-state index contributed by atoms with van der Waals surface area (Å²) in [5, 5.41) is 8.91. The molecule has 0 aromatic carbocycles. The van der Waals surface area contributed by atoms with Gasteiger partial charge in [0.2, 0.25) is 0 Å². The number of carbonyl (C=O) groups is 1. The van der Waals surface area contributed by atoms with E-state index in [1.54, 1.807) is 13.1 Å². The standard InChI is InChI=1S/C13H21N3O3/c1-3-16(6-5-7-17)11-9-15-12(14)8-10(11)13(18)19-4-2/h8-9,17H,3-7H2,1-2H3,(H2,14,15). The minimum atomic E-state index is -0.408. The van der Waals surface area contributed by atoms with E-state index >= 15 is 0 Å². The van der Waals surface area contributed by atoms with Gasteiger partial charge in [-0.05, 0) is 26.3 Å². The van der Waals surface area contributed by atoms with Crippen LogP contribution in [-0.4, -0.2) is 42.4 Å². The molecule has 0 radical (unpaired) electrons. The molecule has 0 atom stereocenters. The van der Waals surface area contributed by atoms with Gasteiger partial charge in [-0.15, -0.1) is 0 Å². The van der Waals surface area contributed by atoms with Gasteiger partial charge < -0.3 is 20.5 Å². The first-order valence-electron chi connectivity index (χ1n) is 6.42. The number of hydrogen-bond donors (Lipinski definition) is 2. The van der Waals surface area contributed by atoms with Gasteiger partial charge >= 0.3 is 5.97 Å². The second-order valence-electron chi connectivity index (χ2n) is 4.00. The van der Waals surface area contributed by atoms with Crippen LogP contribution in [0.5, 0.6) is 0 Å². The van der Waals surface area contributed by atoms with Crippen LogP contribution < -0.4 is 10.6 Å². The second kappa shape index (κ2) is 7.58. The Bertz CT molecular complexity index is 424. The van der Waals surface area contributed by atoms with Crippen LogP contribution in [0, 0.1) is 0 Å². The zero-order valence-electron chi connectivity index (χ0n) is 11.4. The molecule has 0 aliphatic heterocycles. The molecule has 106 valence electrons. The van der Waals surface area contributed by atoms with E-state index in [4.69, 9.17) is 15.6 Å². The van der Waals surface area contributed by atoms with Crippen molar-refractivity contribution < 1.29 is 14.6 Å². The van der Waals surface area contributed by atoms with Gasteiger partial charge in [0.05, 0.1) is 24.1 Å². The third-order valence-electron chi connectivity index (χ3n) is 2.71. The Labute approximate surface area is 113 Å². The topological polar surface area (TPSA) is 88.7 Å². The first-order chi connectivity index (χ1) is 9.13. The maximum atomic E-state index is 11.9. The fraction of sp³-hybridized carbons (Fsp3) is 0.538. The molecule has 0 saturated heterocycles. The molecule has 3 N–H and O–H groups in total. The molecule has 0 unspecified atom stereocenters. The van der Waals surface area contributed by atoms with Crippen molar-refractivity contribution in [1.29, 1.82) is 0 Å². The summed E-state index contributed by atoms with van der Waals surface area (Å²) >= 11 is 0. The van der Waals surface area contributed by atoms with Crippen molar-refractivity contribution in [3.63, 3.8) is 0 Å². The van der Waals surface area contributed by atoms with Crippen LogP contribution in [-0.2, 0) is 4.74 Å². The lowest BCUT2D eigenvalue weighted by atomic mass is 10.2. The van der Waals surface area contributed by atoms with E-state index in [2.05, 4.69) is 4.98 Å². The lowest BCUT2D eigenvalue weighted by Crippen LogP contribution is -2.27. The van der Waals surface area contributed by atoms with Crippen molar-refractivity contribution in [3.05, 3.63) is 17.8 Å². The number of nitrogens with zero attached hydrogens (tertiary/aromatic N) is 2. The van der Waals surface area contributed by atoms with E-state index < -0.39 is 5.97 Å². The molecule has 6 nitrogen and oxygen atoms in total. The quantitative estimate of drug-likeness (QED) is 0.718. The molecule has 0 aliphatic carbocycles. The molecule has 1 heterocycles.